The lowest BCUT2D eigenvalue weighted by Crippen LogP contribution is -2.52. The lowest BCUT2D eigenvalue weighted by Gasteiger charge is -2.33. The molecule has 3 rings (SSSR count). The summed E-state index contributed by atoms with van der Waals surface area (Å²) in [5, 5.41) is 3.24. The first-order valence-electron chi connectivity index (χ1n) is 13.1. The highest BCUT2D eigenvalue weighted by Crippen LogP contribution is 2.28. The fourth-order valence-corrected chi connectivity index (χ4v) is 5.75. The van der Waals surface area contributed by atoms with Crippen molar-refractivity contribution >= 4 is 39.1 Å². The van der Waals surface area contributed by atoms with E-state index in [1.54, 1.807) is 30.3 Å². The van der Waals surface area contributed by atoms with Gasteiger partial charge >= 0.3 is 0 Å². The van der Waals surface area contributed by atoms with E-state index in [4.69, 9.17) is 16.3 Å². The van der Waals surface area contributed by atoms with Crippen LogP contribution in [0.2, 0.25) is 5.02 Å². The summed E-state index contributed by atoms with van der Waals surface area (Å²) in [5.74, 6) is -0.0792. The van der Waals surface area contributed by atoms with Gasteiger partial charge in [0.2, 0.25) is 11.8 Å². The van der Waals surface area contributed by atoms with Crippen molar-refractivity contribution in [1.29, 1.82) is 0 Å². The predicted molar refractivity (Wildman–Crippen MR) is 158 cm³/mol. The second kappa shape index (κ2) is 14.2. The van der Waals surface area contributed by atoms with Crippen molar-refractivity contribution in [2.45, 2.75) is 44.7 Å². The molecule has 10 heteroatoms. The van der Waals surface area contributed by atoms with Gasteiger partial charge in [-0.05, 0) is 60.4 Å². The number of halogens is 1. The van der Waals surface area contributed by atoms with Gasteiger partial charge in [0.05, 0.1) is 17.7 Å². The number of nitrogens with zero attached hydrogens (tertiary/aromatic N) is 2. The topological polar surface area (TPSA) is 96.0 Å². The summed E-state index contributed by atoms with van der Waals surface area (Å²) in [6, 6.07) is 20.7. The monoisotopic (exact) mass is 585 g/mol. The second-order valence-electron chi connectivity index (χ2n) is 9.74. The lowest BCUT2D eigenvalue weighted by atomic mass is 10.1. The van der Waals surface area contributed by atoms with Crippen molar-refractivity contribution in [3.8, 4) is 5.75 Å². The molecule has 1 unspecified atom stereocenters. The molecule has 0 bridgehead atoms. The largest absolute Gasteiger partial charge is 0.497 e. The van der Waals surface area contributed by atoms with Gasteiger partial charge < -0.3 is 15.0 Å². The molecule has 0 aliphatic rings. The molecule has 0 saturated carbocycles. The van der Waals surface area contributed by atoms with Crippen molar-refractivity contribution in [1.82, 2.24) is 10.2 Å². The van der Waals surface area contributed by atoms with E-state index in [2.05, 4.69) is 5.32 Å². The van der Waals surface area contributed by atoms with Gasteiger partial charge in [0.1, 0.15) is 18.3 Å². The van der Waals surface area contributed by atoms with Crippen LogP contribution in [0.4, 0.5) is 5.69 Å². The van der Waals surface area contributed by atoms with E-state index in [0.717, 1.165) is 9.87 Å². The SMILES string of the molecule is CCC(C(=O)NCC(C)C)N(Cc1ccccc1)C(=O)CN(c1cccc(Cl)c1)S(=O)(=O)c1ccc(OC)cc1. The highest BCUT2D eigenvalue weighted by Gasteiger charge is 2.33. The highest BCUT2D eigenvalue weighted by atomic mass is 35.5. The first kappa shape index (κ1) is 31.0. The van der Waals surface area contributed by atoms with Crippen molar-refractivity contribution in [3.05, 3.63) is 89.4 Å². The van der Waals surface area contributed by atoms with Crippen LogP contribution < -0.4 is 14.4 Å². The van der Waals surface area contributed by atoms with Crippen molar-refractivity contribution in [2.75, 3.05) is 24.5 Å². The summed E-state index contributed by atoms with van der Waals surface area (Å²) in [6.45, 7) is 5.87. The van der Waals surface area contributed by atoms with Crippen LogP contribution >= 0.6 is 11.6 Å². The second-order valence-corrected chi connectivity index (χ2v) is 12.0. The number of methoxy groups -OCH3 is 1. The standard InChI is InChI=1S/C30H36ClN3O5S/c1-5-28(30(36)32-19-22(2)3)33(20-23-10-7-6-8-11-23)29(35)21-34(25-13-9-12-24(31)18-25)40(37,38)27-16-14-26(39-4)15-17-27/h6-18,22,28H,5,19-21H2,1-4H3,(H,32,36). The number of nitrogens with one attached hydrogen (secondary N) is 1. The Morgan fingerprint density at radius 2 is 1.65 bits per heavy atom. The summed E-state index contributed by atoms with van der Waals surface area (Å²) in [4.78, 5) is 28.7. The summed E-state index contributed by atoms with van der Waals surface area (Å²) in [7, 11) is -2.71. The summed E-state index contributed by atoms with van der Waals surface area (Å²) in [5.41, 5.74) is 1.05. The summed E-state index contributed by atoms with van der Waals surface area (Å²) < 4.78 is 34.0. The number of hydrogen-bond donors (Lipinski definition) is 1. The molecule has 214 valence electrons. The molecule has 0 aliphatic heterocycles. The summed E-state index contributed by atoms with van der Waals surface area (Å²) in [6.07, 6.45) is 0.352. The van der Waals surface area contributed by atoms with Crippen LogP contribution in [0.25, 0.3) is 0 Å². The molecule has 0 aliphatic carbocycles. The van der Waals surface area contributed by atoms with Crippen LogP contribution in [0, 0.1) is 5.92 Å². The van der Waals surface area contributed by atoms with E-state index >= 15 is 0 Å². The Hall–Kier alpha value is -3.56. The van der Waals surface area contributed by atoms with Crippen molar-refractivity contribution in [2.24, 2.45) is 5.92 Å². The number of amides is 2. The van der Waals surface area contributed by atoms with Crippen LogP contribution in [0.3, 0.4) is 0 Å². The fraction of sp³-hybridized carbons (Fsp3) is 0.333. The van der Waals surface area contributed by atoms with E-state index in [1.807, 2.05) is 51.1 Å². The average molecular weight is 586 g/mol. The third kappa shape index (κ3) is 7.99. The minimum Gasteiger partial charge on any atom is -0.497 e. The van der Waals surface area contributed by atoms with Gasteiger partial charge in [-0.2, -0.15) is 0 Å². The highest BCUT2D eigenvalue weighted by molar-refractivity contribution is 7.92. The van der Waals surface area contributed by atoms with Crippen LogP contribution in [0.5, 0.6) is 5.75 Å². The zero-order valence-electron chi connectivity index (χ0n) is 23.2. The van der Waals surface area contributed by atoms with Gasteiger partial charge in [0.25, 0.3) is 10.0 Å². The van der Waals surface area contributed by atoms with Crippen LogP contribution in [0.1, 0.15) is 32.8 Å². The molecular weight excluding hydrogens is 550 g/mol. The summed E-state index contributed by atoms with van der Waals surface area (Å²) >= 11 is 6.22. The molecule has 0 radical (unpaired) electrons. The minimum atomic E-state index is -4.20. The number of ether oxygens (including phenoxy) is 1. The number of carbonyl (C=O) groups excluding carboxylic acids is 2. The zero-order valence-corrected chi connectivity index (χ0v) is 24.8. The molecule has 1 N–H and O–H groups in total. The molecule has 2 amide bonds. The van der Waals surface area contributed by atoms with E-state index in [9.17, 15) is 18.0 Å². The first-order valence-corrected chi connectivity index (χ1v) is 14.9. The third-order valence-corrected chi connectivity index (χ3v) is 8.31. The molecule has 0 heterocycles. The van der Waals surface area contributed by atoms with Crippen LogP contribution in [-0.2, 0) is 26.2 Å². The van der Waals surface area contributed by atoms with Gasteiger partial charge in [0.15, 0.2) is 0 Å². The molecule has 1 atom stereocenters. The molecule has 3 aromatic rings. The molecule has 0 fully saturated rings. The van der Waals surface area contributed by atoms with E-state index in [-0.39, 0.29) is 29.0 Å². The molecule has 3 aromatic carbocycles. The number of rotatable bonds is 13. The first-order chi connectivity index (χ1) is 19.1. The maximum Gasteiger partial charge on any atom is 0.264 e. The molecule has 0 spiro atoms. The number of benzene rings is 3. The maximum atomic E-state index is 14.0. The number of anilines is 1. The smallest absolute Gasteiger partial charge is 0.264 e. The minimum absolute atomic E-state index is 0.0163. The molecule has 0 saturated heterocycles. The van der Waals surface area contributed by atoms with Gasteiger partial charge in [-0.15, -0.1) is 0 Å². The Bertz CT molecular complexity index is 1380. The quantitative estimate of drug-likeness (QED) is 0.300. The fourth-order valence-electron chi connectivity index (χ4n) is 4.16. The Balaban J connectivity index is 2.03. The Kier molecular flexibility index (Phi) is 11.0. The Morgan fingerprint density at radius 1 is 0.975 bits per heavy atom. The van der Waals surface area contributed by atoms with Crippen LogP contribution in [0.15, 0.2) is 83.8 Å². The van der Waals surface area contributed by atoms with Gasteiger partial charge in [0, 0.05) is 18.1 Å². The lowest BCUT2D eigenvalue weighted by molar-refractivity contribution is -0.140. The van der Waals surface area contributed by atoms with Gasteiger partial charge in [-0.3, -0.25) is 13.9 Å². The predicted octanol–water partition coefficient (Wildman–Crippen LogP) is 5.12. The molecule has 40 heavy (non-hydrogen) atoms. The number of carbonyl (C=O) groups is 2. The number of sulfonamides is 1. The van der Waals surface area contributed by atoms with Gasteiger partial charge in [-0.25, -0.2) is 8.42 Å². The zero-order chi connectivity index (χ0) is 29.3. The third-order valence-electron chi connectivity index (χ3n) is 6.29. The number of hydrogen-bond acceptors (Lipinski definition) is 5. The molecular formula is C30H36ClN3O5S. The van der Waals surface area contributed by atoms with E-state index in [0.29, 0.717) is 23.7 Å². The normalized spacial score (nSPS) is 12.1. The van der Waals surface area contributed by atoms with Crippen LogP contribution in [-0.4, -0.2) is 51.4 Å². The Labute approximate surface area is 241 Å². The van der Waals surface area contributed by atoms with E-state index < -0.39 is 28.5 Å². The maximum absolute atomic E-state index is 14.0. The average Bonchev–Trinajstić information content (AvgIpc) is 2.95. The molecule has 0 aromatic heterocycles. The Morgan fingerprint density at radius 3 is 2.23 bits per heavy atom. The van der Waals surface area contributed by atoms with Crippen molar-refractivity contribution < 1.29 is 22.7 Å². The molecule has 8 nitrogen and oxygen atoms in total. The van der Waals surface area contributed by atoms with Crippen molar-refractivity contribution in [3.63, 3.8) is 0 Å². The van der Waals surface area contributed by atoms with E-state index in [1.165, 1.54) is 30.2 Å². The van der Waals surface area contributed by atoms with Gasteiger partial charge in [-0.1, -0.05) is 68.8 Å².